The van der Waals surface area contributed by atoms with Crippen LogP contribution in [0.15, 0.2) is 40.6 Å². The molecule has 0 radical (unpaired) electrons. The van der Waals surface area contributed by atoms with E-state index < -0.39 is 16.1 Å². The number of aryl methyl sites for hydroxylation is 1. The molecule has 0 saturated heterocycles. The summed E-state index contributed by atoms with van der Waals surface area (Å²) in [6, 6.07) is 10.8. The topological polar surface area (TPSA) is 84.5 Å². The van der Waals surface area contributed by atoms with Crippen LogP contribution in [0.3, 0.4) is 0 Å². The van der Waals surface area contributed by atoms with Crippen LogP contribution < -0.4 is 10.0 Å². The molecule has 0 aliphatic rings. The predicted molar refractivity (Wildman–Crippen MR) is 98.3 cm³/mol. The van der Waals surface area contributed by atoms with Gasteiger partial charge in [0.25, 0.3) is 10.0 Å². The highest BCUT2D eigenvalue weighted by Crippen LogP contribution is 2.24. The molecule has 0 bridgehead atoms. The molecule has 0 aliphatic heterocycles. The number of nitrogens with one attached hydrogen (secondary N) is 2. The average molecular weight is 383 g/mol. The van der Waals surface area contributed by atoms with Crippen molar-refractivity contribution in [1.82, 2.24) is 10.0 Å². The summed E-state index contributed by atoms with van der Waals surface area (Å²) in [6.45, 7) is 4.19. The monoisotopic (exact) mass is 382 g/mol. The van der Waals surface area contributed by atoms with Gasteiger partial charge in [0.05, 0.1) is 7.11 Å². The molecule has 0 saturated carbocycles. The van der Waals surface area contributed by atoms with Gasteiger partial charge in [-0.05, 0) is 38.0 Å². The summed E-state index contributed by atoms with van der Waals surface area (Å²) in [4.78, 5) is 11.9. The normalized spacial score (nSPS) is 12.6. The van der Waals surface area contributed by atoms with Crippen LogP contribution in [0, 0.1) is 6.92 Å². The minimum absolute atomic E-state index is 0.263. The molecule has 136 valence electrons. The fourth-order valence-corrected chi connectivity index (χ4v) is 4.81. The number of alkyl carbamates (subject to hydrolysis) is 1. The maximum absolute atomic E-state index is 12.5. The number of sulfonamides is 1. The fourth-order valence-electron chi connectivity index (χ4n) is 2.21. The van der Waals surface area contributed by atoms with E-state index in [0.29, 0.717) is 13.0 Å². The molecular formula is C17H22N2O4S2. The number of thiophene rings is 1. The average Bonchev–Trinajstić information content (AvgIpc) is 3.04. The first-order chi connectivity index (χ1) is 11.8. The second-order valence-corrected chi connectivity index (χ2v) is 8.75. The molecule has 0 spiro atoms. The molecule has 25 heavy (non-hydrogen) atoms. The van der Waals surface area contributed by atoms with Crippen LogP contribution in [-0.4, -0.2) is 28.2 Å². The lowest BCUT2D eigenvalue weighted by Gasteiger charge is -2.14. The van der Waals surface area contributed by atoms with Crippen molar-refractivity contribution in [3.8, 4) is 0 Å². The summed E-state index contributed by atoms with van der Waals surface area (Å²) in [5.74, 6) is 0. The van der Waals surface area contributed by atoms with Gasteiger partial charge in [0.1, 0.15) is 4.21 Å². The number of methoxy groups -OCH3 is 1. The Labute approximate surface area is 152 Å². The second kappa shape index (κ2) is 8.46. The number of rotatable bonds is 7. The lowest BCUT2D eigenvalue weighted by molar-refractivity contribution is 0.171. The van der Waals surface area contributed by atoms with Crippen molar-refractivity contribution >= 4 is 27.5 Å². The summed E-state index contributed by atoms with van der Waals surface area (Å²) in [5.41, 5.74) is 2.04. The van der Waals surface area contributed by atoms with Gasteiger partial charge in [-0.1, -0.05) is 29.8 Å². The van der Waals surface area contributed by atoms with Crippen molar-refractivity contribution in [2.24, 2.45) is 0 Å². The Morgan fingerprint density at radius 1 is 1.20 bits per heavy atom. The number of benzene rings is 1. The van der Waals surface area contributed by atoms with Crippen molar-refractivity contribution in [3.05, 3.63) is 52.4 Å². The molecule has 0 fully saturated rings. The van der Waals surface area contributed by atoms with Crippen molar-refractivity contribution in [2.45, 2.75) is 30.5 Å². The largest absolute Gasteiger partial charge is 0.453 e. The van der Waals surface area contributed by atoms with Crippen LogP contribution in [0.25, 0.3) is 0 Å². The van der Waals surface area contributed by atoms with Crippen LogP contribution in [0.1, 0.15) is 29.0 Å². The molecule has 1 heterocycles. The van der Waals surface area contributed by atoms with Crippen molar-refractivity contribution in [3.63, 3.8) is 0 Å². The molecule has 2 aromatic rings. The van der Waals surface area contributed by atoms with Crippen molar-refractivity contribution in [1.29, 1.82) is 0 Å². The van der Waals surface area contributed by atoms with E-state index in [1.807, 2.05) is 38.1 Å². The van der Waals surface area contributed by atoms with E-state index in [1.165, 1.54) is 18.4 Å². The van der Waals surface area contributed by atoms with Gasteiger partial charge in [-0.2, -0.15) is 0 Å². The highest BCUT2D eigenvalue weighted by molar-refractivity contribution is 7.91. The van der Waals surface area contributed by atoms with Crippen LogP contribution >= 0.6 is 11.3 Å². The SMILES string of the molecule is COC(=O)NCCc1ccc(S(=O)(=O)N[C@H](C)c2ccc(C)cc2)s1. The third-order valence-electron chi connectivity index (χ3n) is 3.64. The van der Waals surface area contributed by atoms with Crippen LogP contribution in [0.4, 0.5) is 4.79 Å². The molecule has 1 aromatic heterocycles. The number of carbonyl (C=O) groups is 1. The standard InChI is InChI=1S/C17H22N2O4S2/c1-12-4-6-14(7-5-12)13(2)19-25(21,22)16-9-8-15(24-16)10-11-18-17(20)23-3/h4-9,13,19H,10-11H2,1-3H3,(H,18,20)/t13-/m1/s1. The van der Waals surface area contributed by atoms with Crippen molar-refractivity contribution < 1.29 is 17.9 Å². The zero-order valence-electron chi connectivity index (χ0n) is 14.4. The summed E-state index contributed by atoms with van der Waals surface area (Å²) >= 11 is 1.20. The Kier molecular flexibility index (Phi) is 6.57. The highest BCUT2D eigenvalue weighted by atomic mass is 32.2. The van der Waals surface area contributed by atoms with E-state index in [-0.39, 0.29) is 10.3 Å². The Morgan fingerprint density at radius 2 is 1.88 bits per heavy atom. The van der Waals surface area contributed by atoms with Gasteiger partial charge in [0.2, 0.25) is 0 Å². The zero-order chi connectivity index (χ0) is 18.4. The smallest absolute Gasteiger partial charge is 0.406 e. The molecule has 8 heteroatoms. The van der Waals surface area contributed by atoms with Crippen LogP contribution in [0.2, 0.25) is 0 Å². The lowest BCUT2D eigenvalue weighted by atomic mass is 10.1. The van der Waals surface area contributed by atoms with Gasteiger partial charge in [0.15, 0.2) is 0 Å². The van der Waals surface area contributed by atoms with Gasteiger partial charge in [-0.3, -0.25) is 0 Å². The van der Waals surface area contributed by atoms with E-state index in [0.717, 1.165) is 16.0 Å². The van der Waals surface area contributed by atoms with E-state index in [4.69, 9.17) is 0 Å². The summed E-state index contributed by atoms with van der Waals surface area (Å²) in [5, 5.41) is 2.57. The maximum atomic E-state index is 12.5. The molecule has 6 nitrogen and oxygen atoms in total. The minimum atomic E-state index is -3.59. The first-order valence-corrected chi connectivity index (χ1v) is 10.1. The molecular weight excluding hydrogens is 360 g/mol. The van der Waals surface area contributed by atoms with Gasteiger partial charge in [0, 0.05) is 17.5 Å². The second-order valence-electron chi connectivity index (χ2n) is 5.64. The zero-order valence-corrected chi connectivity index (χ0v) is 16.0. The Hall–Kier alpha value is -1.90. The molecule has 1 amide bonds. The minimum Gasteiger partial charge on any atom is -0.453 e. The van der Waals surface area contributed by atoms with Gasteiger partial charge < -0.3 is 10.1 Å². The van der Waals surface area contributed by atoms with E-state index in [2.05, 4.69) is 14.8 Å². The van der Waals surface area contributed by atoms with E-state index in [9.17, 15) is 13.2 Å². The summed E-state index contributed by atoms with van der Waals surface area (Å²) in [7, 11) is -2.29. The van der Waals surface area contributed by atoms with Crippen LogP contribution in [0.5, 0.6) is 0 Å². The van der Waals surface area contributed by atoms with E-state index >= 15 is 0 Å². The Bertz CT molecular complexity index is 813. The number of carbonyl (C=O) groups excluding carboxylic acids is 1. The quantitative estimate of drug-likeness (QED) is 0.771. The number of amides is 1. The van der Waals surface area contributed by atoms with Gasteiger partial charge in [-0.15, -0.1) is 11.3 Å². The Balaban J connectivity index is 1.99. The molecule has 2 rings (SSSR count). The first kappa shape index (κ1) is 19.4. The number of ether oxygens (including phenoxy) is 1. The highest BCUT2D eigenvalue weighted by Gasteiger charge is 2.20. The third-order valence-corrected chi connectivity index (χ3v) is 6.81. The molecule has 0 aliphatic carbocycles. The third kappa shape index (κ3) is 5.55. The first-order valence-electron chi connectivity index (χ1n) is 7.81. The number of hydrogen-bond acceptors (Lipinski definition) is 5. The predicted octanol–water partition coefficient (Wildman–Crippen LogP) is 2.99. The summed E-state index contributed by atoms with van der Waals surface area (Å²) in [6.07, 6.45) is 0.0426. The maximum Gasteiger partial charge on any atom is 0.406 e. The Morgan fingerprint density at radius 3 is 2.52 bits per heavy atom. The molecule has 1 aromatic carbocycles. The van der Waals surface area contributed by atoms with Crippen LogP contribution in [-0.2, 0) is 21.2 Å². The molecule has 0 unspecified atom stereocenters. The van der Waals surface area contributed by atoms with Gasteiger partial charge >= 0.3 is 6.09 Å². The van der Waals surface area contributed by atoms with E-state index in [1.54, 1.807) is 12.1 Å². The number of hydrogen-bond donors (Lipinski definition) is 2. The molecule has 1 atom stereocenters. The summed E-state index contributed by atoms with van der Waals surface area (Å²) < 4.78 is 32.5. The van der Waals surface area contributed by atoms with Gasteiger partial charge in [-0.25, -0.2) is 17.9 Å². The fraction of sp³-hybridized carbons (Fsp3) is 0.353. The lowest BCUT2D eigenvalue weighted by Crippen LogP contribution is -2.26. The van der Waals surface area contributed by atoms with Crippen molar-refractivity contribution in [2.75, 3.05) is 13.7 Å². The molecule has 2 N–H and O–H groups in total.